The molecule has 3 amide bonds. The predicted molar refractivity (Wildman–Crippen MR) is 113 cm³/mol. The number of carbonyl (C=O) groups is 3. The summed E-state index contributed by atoms with van der Waals surface area (Å²) < 4.78 is 5.05. The summed E-state index contributed by atoms with van der Waals surface area (Å²) in [7, 11) is 0. The van der Waals surface area contributed by atoms with Gasteiger partial charge in [-0.3, -0.25) is 19.3 Å². The Morgan fingerprint density at radius 2 is 2.00 bits per heavy atom. The summed E-state index contributed by atoms with van der Waals surface area (Å²) in [5, 5.41) is 4.90. The number of rotatable bonds is 5. The first-order chi connectivity index (χ1) is 14.0. The van der Waals surface area contributed by atoms with Crippen LogP contribution in [-0.2, 0) is 9.59 Å². The van der Waals surface area contributed by atoms with Crippen molar-refractivity contribution in [2.24, 2.45) is 0 Å². The molecule has 0 radical (unpaired) electrons. The number of carbonyl (C=O) groups excluding carboxylic acids is 3. The molecule has 0 saturated carbocycles. The lowest BCUT2D eigenvalue weighted by Gasteiger charge is -2.12. The van der Waals surface area contributed by atoms with Gasteiger partial charge in [-0.1, -0.05) is 6.07 Å². The number of nitrogens with zero attached hydrogens (tertiary/aromatic N) is 1. The van der Waals surface area contributed by atoms with Crippen molar-refractivity contribution in [3.05, 3.63) is 68.0 Å². The Morgan fingerprint density at radius 1 is 1.14 bits per heavy atom. The van der Waals surface area contributed by atoms with E-state index >= 15 is 0 Å². The Morgan fingerprint density at radius 3 is 2.79 bits per heavy atom. The van der Waals surface area contributed by atoms with E-state index in [-0.39, 0.29) is 30.0 Å². The number of hydrogen-bond donors (Lipinski definition) is 1. The number of thioether (sulfide) groups is 1. The van der Waals surface area contributed by atoms with Gasteiger partial charge in [0.1, 0.15) is 5.58 Å². The minimum absolute atomic E-state index is 0.000731. The second-order valence-electron chi connectivity index (χ2n) is 6.15. The molecular weight excluding hydrogens is 412 g/mol. The molecular formula is C20H14N2O5S2. The Bertz CT molecular complexity index is 1200. The van der Waals surface area contributed by atoms with Gasteiger partial charge in [-0.25, -0.2) is 4.79 Å². The topological polar surface area (TPSA) is 96.7 Å². The van der Waals surface area contributed by atoms with Gasteiger partial charge in [0.05, 0.1) is 4.91 Å². The average molecular weight is 426 g/mol. The number of anilines is 1. The summed E-state index contributed by atoms with van der Waals surface area (Å²) >= 11 is 2.35. The van der Waals surface area contributed by atoms with E-state index in [2.05, 4.69) is 5.32 Å². The fourth-order valence-electron chi connectivity index (χ4n) is 2.78. The number of fused-ring (bicyclic) bond motifs is 1. The fourth-order valence-corrected chi connectivity index (χ4v) is 4.37. The second kappa shape index (κ2) is 8.06. The minimum Gasteiger partial charge on any atom is -0.423 e. The summed E-state index contributed by atoms with van der Waals surface area (Å²) in [6, 6.07) is 11.5. The van der Waals surface area contributed by atoms with Crippen molar-refractivity contribution in [2.45, 2.75) is 6.42 Å². The van der Waals surface area contributed by atoms with Gasteiger partial charge in [0.2, 0.25) is 5.91 Å². The molecule has 0 atom stereocenters. The molecule has 29 heavy (non-hydrogen) atoms. The first-order valence-corrected chi connectivity index (χ1v) is 10.3. The average Bonchev–Trinajstić information content (AvgIpc) is 3.29. The van der Waals surface area contributed by atoms with E-state index in [4.69, 9.17) is 4.42 Å². The number of nitrogens with one attached hydrogen (secondary N) is 1. The first kappa shape index (κ1) is 19.2. The molecule has 4 rings (SSSR count). The standard InChI is InChI=1S/C20H14N2O5S2/c23-17(21-13-4-5-15-12(10-13)3-6-18(24)27-15)7-8-22-19(25)16(29-20(22)26)11-14-2-1-9-28-14/h1-6,9-11H,7-8H2,(H,21,23). The highest BCUT2D eigenvalue weighted by Gasteiger charge is 2.35. The van der Waals surface area contributed by atoms with E-state index in [1.807, 2.05) is 17.5 Å². The van der Waals surface area contributed by atoms with E-state index in [0.29, 0.717) is 21.6 Å². The van der Waals surface area contributed by atoms with E-state index < -0.39 is 5.63 Å². The minimum atomic E-state index is -0.445. The van der Waals surface area contributed by atoms with Gasteiger partial charge in [0.15, 0.2) is 0 Å². The molecule has 9 heteroatoms. The van der Waals surface area contributed by atoms with Gasteiger partial charge in [-0.2, -0.15) is 0 Å². The van der Waals surface area contributed by atoms with Crippen LogP contribution in [0.5, 0.6) is 0 Å². The summed E-state index contributed by atoms with van der Waals surface area (Å²) in [6.07, 6.45) is 1.66. The van der Waals surface area contributed by atoms with E-state index in [9.17, 15) is 19.2 Å². The molecule has 146 valence electrons. The summed E-state index contributed by atoms with van der Waals surface area (Å²) in [4.78, 5) is 50.4. The van der Waals surface area contributed by atoms with Crippen LogP contribution in [0.25, 0.3) is 17.0 Å². The van der Waals surface area contributed by atoms with Crippen molar-refractivity contribution < 1.29 is 18.8 Å². The normalized spacial score (nSPS) is 15.4. The molecule has 1 fully saturated rings. The van der Waals surface area contributed by atoms with Crippen LogP contribution in [-0.4, -0.2) is 28.5 Å². The van der Waals surface area contributed by atoms with Crippen molar-refractivity contribution in [1.82, 2.24) is 4.90 Å². The first-order valence-electron chi connectivity index (χ1n) is 8.62. The lowest BCUT2D eigenvalue weighted by Crippen LogP contribution is -2.31. The van der Waals surface area contributed by atoms with Crippen molar-refractivity contribution in [2.75, 3.05) is 11.9 Å². The van der Waals surface area contributed by atoms with Gasteiger partial charge in [-0.05, 0) is 53.5 Å². The molecule has 3 heterocycles. The maximum absolute atomic E-state index is 12.4. The van der Waals surface area contributed by atoms with Crippen LogP contribution < -0.4 is 10.9 Å². The Labute approximate surface area is 173 Å². The third kappa shape index (κ3) is 4.30. The van der Waals surface area contributed by atoms with Crippen LogP contribution in [0.2, 0.25) is 0 Å². The van der Waals surface area contributed by atoms with E-state index in [1.165, 1.54) is 17.4 Å². The molecule has 1 saturated heterocycles. The number of imide groups is 1. The number of benzene rings is 1. The van der Waals surface area contributed by atoms with Crippen molar-refractivity contribution in [1.29, 1.82) is 0 Å². The molecule has 0 unspecified atom stereocenters. The lowest BCUT2D eigenvalue weighted by atomic mass is 10.2. The van der Waals surface area contributed by atoms with Crippen molar-refractivity contribution in [3.8, 4) is 0 Å². The Hall–Kier alpha value is -3.17. The van der Waals surface area contributed by atoms with Gasteiger partial charge in [0, 0.05) is 35.0 Å². The molecule has 1 aromatic carbocycles. The molecule has 0 spiro atoms. The van der Waals surface area contributed by atoms with Gasteiger partial charge in [-0.15, -0.1) is 11.3 Å². The molecule has 2 aromatic heterocycles. The Balaban J connectivity index is 1.38. The third-order valence-corrected chi connectivity index (χ3v) is 5.88. The zero-order valence-electron chi connectivity index (χ0n) is 14.9. The van der Waals surface area contributed by atoms with Crippen molar-refractivity contribution >= 4 is 62.9 Å². The molecule has 7 nitrogen and oxygen atoms in total. The SMILES string of the molecule is O=C(CCN1C(=O)SC(=Cc2cccs2)C1=O)Nc1ccc2oc(=O)ccc2c1. The van der Waals surface area contributed by atoms with Crippen LogP contribution >= 0.6 is 23.1 Å². The van der Waals surface area contributed by atoms with E-state index in [0.717, 1.165) is 21.5 Å². The molecule has 1 N–H and O–H groups in total. The van der Waals surface area contributed by atoms with Gasteiger partial charge in [0.25, 0.3) is 11.1 Å². The Kier molecular flexibility index (Phi) is 5.32. The molecule has 0 aliphatic carbocycles. The fraction of sp³-hybridized carbons (Fsp3) is 0.100. The highest BCUT2D eigenvalue weighted by Crippen LogP contribution is 2.33. The van der Waals surface area contributed by atoms with Crippen LogP contribution in [0.3, 0.4) is 0 Å². The maximum Gasteiger partial charge on any atom is 0.336 e. The zero-order valence-corrected chi connectivity index (χ0v) is 16.5. The maximum atomic E-state index is 12.4. The zero-order chi connectivity index (χ0) is 20.4. The summed E-state index contributed by atoms with van der Waals surface area (Å²) in [5.41, 5.74) is 0.508. The van der Waals surface area contributed by atoms with E-state index in [1.54, 1.807) is 30.3 Å². The summed E-state index contributed by atoms with van der Waals surface area (Å²) in [5.74, 6) is -0.718. The molecule has 3 aromatic rings. The monoisotopic (exact) mass is 426 g/mol. The second-order valence-corrected chi connectivity index (χ2v) is 8.13. The number of hydrogen-bond acceptors (Lipinski definition) is 7. The molecule has 1 aliphatic rings. The van der Waals surface area contributed by atoms with Crippen LogP contribution in [0.4, 0.5) is 10.5 Å². The largest absolute Gasteiger partial charge is 0.423 e. The highest BCUT2D eigenvalue weighted by atomic mass is 32.2. The quantitative estimate of drug-likeness (QED) is 0.491. The van der Waals surface area contributed by atoms with Crippen molar-refractivity contribution in [3.63, 3.8) is 0 Å². The van der Waals surface area contributed by atoms with Crippen LogP contribution in [0.1, 0.15) is 11.3 Å². The summed E-state index contributed by atoms with van der Waals surface area (Å²) in [6.45, 7) is 0.000731. The number of amides is 3. The smallest absolute Gasteiger partial charge is 0.336 e. The lowest BCUT2D eigenvalue weighted by molar-refractivity contribution is -0.123. The van der Waals surface area contributed by atoms with Crippen LogP contribution in [0.15, 0.2) is 62.0 Å². The van der Waals surface area contributed by atoms with Gasteiger partial charge >= 0.3 is 5.63 Å². The number of thiophene rings is 1. The van der Waals surface area contributed by atoms with Crippen LogP contribution in [0, 0.1) is 0 Å². The predicted octanol–water partition coefficient (Wildman–Crippen LogP) is 3.92. The highest BCUT2D eigenvalue weighted by molar-refractivity contribution is 8.18. The van der Waals surface area contributed by atoms with Gasteiger partial charge < -0.3 is 9.73 Å². The molecule has 0 bridgehead atoms. The third-order valence-electron chi connectivity index (χ3n) is 4.16. The molecule has 1 aliphatic heterocycles.